The number of rotatable bonds is 0. The van der Waals surface area contributed by atoms with E-state index < -0.39 is 0 Å². The highest BCUT2D eigenvalue weighted by molar-refractivity contribution is 5.40. The topological polar surface area (TPSA) is 3.24 Å². The maximum Gasteiger partial charge on any atom is -0.00492 e. The molecule has 1 aliphatic carbocycles. The summed E-state index contributed by atoms with van der Waals surface area (Å²) in [5, 5.41) is 0. The molecule has 2 bridgehead atoms. The summed E-state index contributed by atoms with van der Waals surface area (Å²) < 4.78 is 0. The summed E-state index contributed by atoms with van der Waals surface area (Å²) in [7, 11) is 4.05. The molecule has 2 unspecified atom stereocenters. The molecule has 2 atom stereocenters. The normalized spacial score (nSPS) is 31.8. The smallest absolute Gasteiger partial charge is 0.00492 e. The highest BCUT2D eigenvalue weighted by Crippen LogP contribution is 2.45. The molecule has 1 saturated heterocycles. The standard InChI is InChI=1S/C12H14N/c1-13-7-9-6-10(8-13)12-5-3-2-4-11(9)12/h2-5,9-10H,1,6-8H2/q-1. The van der Waals surface area contributed by atoms with Gasteiger partial charge in [-0.05, 0) is 42.5 Å². The summed E-state index contributed by atoms with van der Waals surface area (Å²) in [4.78, 5) is 2.22. The Hall–Kier alpha value is -0.820. The Morgan fingerprint density at radius 3 is 2.15 bits per heavy atom. The van der Waals surface area contributed by atoms with Crippen molar-refractivity contribution in [1.29, 1.82) is 0 Å². The maximum absolute atomic E-state index is 4.05. The van der Waals surface area contributed by atoms with Crippen LogP contribution in [0.3, 0.4) is 0 Å². The van der Waals surface area contributed by atoms with Gasteiger partial charge in [0.2, 0.25) is 0 Å². The first-order valence-corrected chi connectivity index (χ1v) is 4.99. The van der Waals surface area contributed by atoms with Gasteiger partial charge in [0.15, 0.2) is 0 Å². The molecule has 13 heavy (non-hydrogen) atoms. The Morgan fingerprint density at radius 2 is 1.62 bits per heavy atom. The molecule has 1 aromatic rings. The molecule has 1 fully saturated rings. The van der Waals surface area contributed by atoms with Gasteiger partial charge in [0.1, 0.15) is 0 Å². The fraction of sp³-hybridized carbons (Fsp3) is 0.417. The minimum absolute atomic E-state index is 0.757. The largest absolute Gasteiger partial charge is 0.458 e. The van der Waals surface area contributed by atoms with E-state index in [0.717, 1.165) is 24.9 Å². The van der Waals surface area contributed by atoms with Crippen molar-refractivity contribution in [2.24, 2.45) is 0 Å². The van der Waals surface area contributed by atoms with Crippen molar-refractivity contribution < 1.29 is 0 Å². The van der Waals surface area contributed by atoms with Crippen molar-refractivity contribution in [3.05, 3.63) is 42.4 Å². The van der Waals surface area contributed by atoms with Crippen molar-refractivity contribution >= 4 is 0 Å². The monoisotopic (exact) mass is 172 g/mol. The first kappa shape index (κ1) is 7.57. The fourth-order valence-corrected chi connectivity index (χ4v) is 2.90. The molecule has 1 aromatic carbocycles. The van der Waals surface area contributed by atoms with E-state index in [-0.39, 0.29) is 0 Å². The third-order valence-electron chi connectivity index (χ3n) is 3.40. The van der Waals surface area contributed by atoms with Crippen LogP contribution in [0, 0.1) is 7.05 Å². The summed E-state index contributed by atoms with van der Waals surface area (Å²) >= 11 is 0. The number of hydrogen-bond acceptors (Lipinski definition) is 1. The Kier molecular flexibility index (Phi) is 1.50. The Bertz CT molecular complexity index is 297. The minimum Gasteiger partial charge on any atom is -0.458 e. The van der Waals surface area contributed by atoms with Gasteiger partial charge in [-0.3, -0.25) is 7.05 Å². The highest BCUT2D eigenvalue weighted by Gasteiger charge is 2.33. The lowest BCUT2D eigenvalue weighted by Crippen LogP contribution is -2.29. The molecule has 1 heteroatoms. The number of piperidine rings is 1. The van der Waals surface area contributed by atoms with Gasteiger partial charge in [-0.1, -0.05) is 24.3 Å². The zero-order valence-electron chi connectivity index (χ0n) is 7.74. The molecule has 0 N–H and O–H groups in total. The molecule has 0 radical (unpaired) electrons. The molecular formula is C12H14N-. The zero-order chi connectivity index (χ0) is 8.84. The van der Waals surface area contributed by atoms with Gasteiger partial charge >= 0.3 is 0 Å². The molecule has 0 spiro atoms. The summed E-state index contributed by atoms with van der Waals surface area (Å²) in [6.45, 7) is 2.29. The van der Waals surface area contributed by atoms with Crippen molar-refractivity contribution in [2.75, 3.05) is 13.1 Å². The highest BCUT2D eigenvalue weighted by atomic mass is 15.1. The number of nitrogens with zero attached hydrogens (tertiary/aromatic N) is 1. The number of likely N-dealkylation sites (tertiary alicyclic amines) is 1. The van der Waals surface area contributed by atoms with E-state index >= 15 is 0 Å². The summed E-state index contributed by atoms with van der Waals surface area (Å²) in [6, 6.07) is 8.90. The van der Waals surface area contributed by atoms with Gasteiger partial charge in [-0.25, -0.2) is 0 Å². The molecule has 3 rings (SSSR count). The molecule has 1 aliphatic heterocycles. The van der Waals surface area contributed by atoms with Crippen LogP contribution in [-0.2, 0) is 0 Å². The average Bonchev–Trinajstić information content (AvgIpc) is 2.41. The Balaban J connectivity index is 2.09. The van der Waals surface area contributed by atoms with Crippen LogP contribution >= 0.6 is 0 Å². The summed E-state index contributed by atoms with van der Waals surface area (Å²) in [5.74, 6) is 1.51. The third kappa shape index (κ3) is 1.03. The van der Waals surface area contributed by atoms with E-state index in [9.17, 15) is 0 Å². The number of hydrogen-bond donors (Lipinski definition) is 0. The van der Waals surface area contributed by atoms with Gasteiger partial charge in [-0.2, -0.15) is 0 Å². The second-order valence-electron chi connectivity index (χ2n) is 4.29. The van der Waals surface area contributed by atoms with E-state index in [4.69, 9.17) is 0 Å². The van der Waals surface area contributed by atoms with Crippen LogP contribution in [0.5, 0.6) is 0 Å². The van der Waals surface area contributed by atoms with Crippen LogP contribution in [-0.4, -0.2) is 18.0 Å². The van der Waals surface area contributed by atoms with E-state index in [1.807, 2.05) is 0 Å². The van der Waals surface area contributed by atoms with E-state index in [0.29, 0.717) is 0 Å². The van der Waals surface area contributed by atoms with Gasteiger partial charge in [0, 0.05) is 0 Å². The lowest BCUT2D eigenvalue weighted by Gasteiger charge is -2.34. The van der Waals surface area contributed by atoms with Gasteiger partial charge < -0.3 is 4.90 Å². The molecule has 68 valence electrons. The number of fused-ring (bicyclic) bond motifs is 5. The average molecular weight is 172 g/mol. The van der Waals surface area contributed by atoms with E-state index in [1.54, 1.807) is 11.1 Å². The second kappa shape index (κ2) is 2.58. The lowest BCUT2D eigenvalue weighted by molar-refractivity contribution is 0.270. The first-order chi connectivity index (χ1) is 6.34. The van der Waals surface area contributed by atoms with E-state index in [2.05, 4.69) is 36.2 Å². The van der Waals surface area contributed by atoms with Crippen molar-refractivity contribution in [1.82, 2.24) is 4.90 Å². The van der Waals surface area contributed by atoms with Crippen molar-refractivity contribution in [2.45, 2.75) is 18.3 Å². The lowest BCUT2D eigenvalue weighted by atomic mass is 9.96. The van der Waals surface area contributed by atoms with Crippen LogP contribution in [0.2, 0.25) is 0 Å². The summed E-state index contributed by atoms with van der Waals surface area (Å²) in [6.07, 6.45) is 1.35. The predicted molar refractivity (Wildman–Crippen MR) is 53.5 cm³/mol. The third-order valence-corrected chi connectivity index (χ3v) is 3.40. The summed E-state index contributed by atoms with van der Waals surface area (Å²) in [5.41, 5.74) is 3.16. The van der Waals surface area contributed by atoms with Crippen LogP contribution in [0.4, 0.5) is 0 Å². The second-order valence-corrected chi connectivity index (χ2v) is 4.29. The molecule has 0 aromatic heterocycles. The molecule has 0 saturated carbocycles. The Morgan fingerprint density at radius 1 is 1.08 bits per heavy atom. The predicted octanol–water partition coefficient (Wildman–Crippen LogP) is 2.36. The van der Waals surface area contributed by atoms with Crippen LogP contribution < -0.4 is 0 Å². The van der Waals surface area contributed by atoms with Gasteiger partial charge in [0.05, 0.1) is 0 Å². The maximum atomic E-state index is 4.05. The molecular weight excluding hydrogens is 158 g/mol. The minimum atomic E-state index is 0.757. The van der Waals surface area contributed by atoms with Gasteiger partial charge in [-0.15, -0.1) is 0 Å². The fourth-order valence-electron chi connectivity index (χ4n) is 2.90. The zero-order valence-corrected chi connectivity index (χ0v) is 7.74. The van der Waals surface area contributed by atoms with Crippen molar-refractivity contribution in [3.8, 4) is 0 Å². The molecule has 1 nitrogen and oxygen atoms in total. The molecule has 0 amide bonds. The van der Waals surface area contributed by atoms with E-state index in [1.165, 1.54) is 6.42 Å². The quantitative estimate of drug-likeness (QED) is 0.543. The Labute approximate surface area is 79.4 Å². The van der Waals surface area contributed by atoms with Crippen LogP contribution in [0.15, 0.2) is 24.3 Å². The van der Waals surface area contributed by atoms with Crippen LogP contribution in [0.1, 0.15) is 29.4 Å². The molecule has 2 aliphatic rings. The SMILES string of the molecule is [CH2-]N1CC2CC(C1)c1ccccc12. The van der Waals surface area contributed by atoms with Gasteiger partial charge in [0.25, 0.3) is 0 Å². The first-order valence-electron chi connectivity index (χ1n) is 4.99. The number of benzene rings is 1. The van der Waals surface area contributed by atoms with Crippen LogP contribution in [0.25, 0.3) is 0 Å². The van der Waals surface area contributed by atoms with Crippen molar-refractivity contribution in [3.63, 3.8) is 0 Å². The molecule has 1 heterocycles.